The quantitative estimate of drug-likeness (QED) is 0.594. The summed E-state index contributed by atoms with van der Waals surface area (Å²) in [7, 11) is 1.60. The molecule has 4 aliphatic heterocycles. The van der Waals surface area contributed by atoms with Crippen LogP contribution in [0.1, 0.15) is 6.92 Å². The molecule has 1 aromatic carbocycles. The number of ether oxygens (including phenoxy) is 3. The Hall–Kier alpha value is -3.18. The molecular weight excluding hydrogens is 472 g/mol. The minimum atomic E-state index is -0.815. The average molecular weight is 499 g/mol. The Bertz CT molecular complexity index is 1240. The van der Waals surface area contributed by atoms with Crippen molar-refractivity contribution in [2.45, 2.75) is 18.6 Å². The van der Waals surface area contributed by atoms with Crippen molar-refractivity contribution in [3.63, 3.8) is 0 Å². The molecule has 1 spiro atoms. The van der Waals surface area contributed by atoms with E-state index in [1.165, 1.54) is 11.3 Å². The van der Waals surface area contributed by atoms with Gasteiger partial charge in [0.1, 0.15) is 11.4 Å². The minimum Gasteiger partial charge on any atom is -0.497 e. The Labute approximate surface area is 206 Å². The SMILES string of the molecule is CCOC(=O)N1CCN(C(=O)C2C3C(=O)N(c4nc5cc(OC)ccc5s4)C[C@]34C=C[C@H]2O4)CC1. The van der Waals surface area contributed by atoms with Crippen LogP contribution < -0.4 is 9.64 Å². The highest BCUT2D eigenvalue weighted by Crippen LogP contribution is 2.53. The fourth-order valence-electron chi connectivity index (χ4n) is 5.61. The van der Waals surface area contributed by atoms with Crippen molar-refractivity contribution in [2.75, 3.05) is 51.3 Å². The van der Waals surface area contributed by atoms with E-state index in [4.69, 9.17) is 14.2 Å². The number of hydrogen-bond donors (Lipinski definition) is 0. The Kier molecular flexibility index (Phi) is 5.22. The van der Waals surface area contributed by atoms with Crippen molar-refractivity contribution in [1.29, 1.82) is 0 Å². The highest BCUT2D eigenvalue weighted by molar-refractivity contribution is 7.22. The van der Waals surface area contributed by atoms with E-state index in [-0.39, 0.29) is 17.9 Å². The first-order valence-corrected chi connectivity index (χ1v) is 12.6. The summed E-state index contributed by atoms with van der Waals surface area (Å²) in [6, 6.07) is 5.64. The zero-order valence-corrected chi connectivity index (χ0v) is 20.3. The number of thiazole rings is 1. The van der Waals surface area contributed by atoms with Gasteiger partial charge in [0.2, 0.25) is 11.8 Å². The lowest BCUT2D eigenvalue weighted by Gasteiger charge is -2.36. The molecule has 2 unspecified atom stereocenters. The van der Waals surface area contributed by atoms with Gasteiger partial charge in [-0.05, 0) is 19.1 Å². The number of nitrogens with zero attached hydrogens (tertiary/aromatic N) is 4. The molecule has 11 heteroatoms. The van der Waals surface area contributed by atoms with Gasteiger partial charge in [0.15, 0.2) is 5.13 Å². The lowest BCUT2D eigenvalue weighted by atomic mass is 9.76. The van der Waals surface area contributed by atoms with Gasteiger partial charge in [-0.25, -0.2) is 9.78 Å². The van der Waals surface area contributed by atoms with Crippen LogP contribution in [0.2, 0.25) is 0 Å². The summed E-state index contributed by atoms with van der Waals surface area (Å²) in [6.45, 7) is 4.04. The molecule has 10 nitrogen and oxygen atoms in total. The van der Waals surface area contributed by atoms with Crippen LogP contribution in [0.4, 0.5) is 9.93 Å². The van der Waals surface area contributed by atoms with Crippen molar-refractivity contribution in [3.05, 3.63) is 30.4 Å². The van der Waals surface area contributed by atoms with E-state index in [0.29, 0.717) is 50.2 Å². The van der Waals surface area contributed by atoms with Crippen LogP contribution >= 0.6 is 11.3 Å². The van der Waals surface area contributed by atoms with Gasteiger partial charge in [-0.1, -0.05) is 23.5 Å². The van der Waals surface area contributed by atoms with Crippen LogP contribution in [0.25, 0.3) is 10.2 Å². The van der Waals surface area contributed by atoms with E-state index >= 15 is 0 Å². The molecule has 3 saturated heterocycles. The van der Waals surface area contributed by atoms with Gasteiger partial charge in [0.05, 0.1) is 48.4 Å². The molecule has 6 rings (SSSR count). The molecule has 5 heterocycles. The first-order chi connectivity index (χ1) is 16.9. The normalized spacial score (nSPS) is 29.3. The van der Waals surface area contributed by atoms with E-state index < -0.39 is 23.5 Å². The van der Waals surface area contributed by atoms with E-state index in [1.807, 2.05) is 30.4 Å². The second kappa shape index (κ2) is 8.20. The molecule has 0 radical (unpaired) electrons. The number of benzene rings is 1. The topological polar surface area (TPSA) is 102 Å². The number of piperazine rings is 1. The molecule has 2 aromatic rings. The molecule has 3 fully saturated rings. The lowest BCUT2D eigenvalue weighted by Crippen LogP contribution is -2.54. The highest BCUT2D eigenvalue weighted by Gasteiger charge is 2.67. The second-order valence-corrected chi connectivity index (χ2v) is 10.2. The number of aromatic nitrogens is 1. The van der Waals surface area contributed by atoms with Crippen LogP contribution in [-0.2, 0) is 19.1 Å². The Morgan fingerprint density at radius 3 is 2.74 bits per heavy atom. The van der Waals surface area contributed by atoms with Gasteiger partial charge in [0, 0.05) is 32.2 Å². The van der Waals surface area contributed by atoms with Crippen molar-refractivity contribution in [2.24, 2.45) is 11.8 Å². The number of carbonyl (C=O) groups is 3. The Morgan fingerprint density at radius 1 is 1.23 bits per heavy atom. The molecule has 1 aromatic heterocycles. The number of hydrogen-bond acceptors (Lipinski definition) is 8. The highest BCUT2D eigenvalue weighted by atomic mass is 32.1. The van der Waals surface area contributed by atoms with Crippen molar-refractivity contribution in [3.8, 4) is 5.75 Å². The fraction of sp³-hybridized carbons (Fsp3) is 0.500. The standard InChI is InChI=1S/C24H26N4O6S/c1-3-33-23(31)27-10-8-26(9-11-27)20(29)18-16-6-7-24(34-16)13-28(21(30)19(18)24)22-25-15-12-14(32-2)4-5-17(15)35-22/h4-7,12,16,18-19H,3,8-11,13H2,1-2H3/t16-,18?,19?,24-/m1/s1. The molecule has 2 bridgehead atoms. The maximum atomic E-state index is 13.7. The van der Waals surface area contributed by atoms with Crippen LogP contribution in [0.5, 0.6) is 5.75 Å². The van der Waals surface area contributed by atoms with Crippen LogP contribution in [-0.4, -0.2) is 90.8 Å². The maximum Gasteiger partial charge on any atom is 0.409 e. The van der Waals surface area contributed by atoms with Crippen molar-refractivity contribution < 1.29 is 28.6 Å². The number of methoxy groups -OCH3 is 1. The molecule has 4 aliphatic rings. The van der Waals surface area contributed by atoms with Crippen molar-refractivity contribution >= 4 is 44.6 Å². The average Bonchev–Trinajstić information content (AvgIpc) is 3.62. The third kappa shape index (κ3) is 3.40. The van der Waals surface area contributed by atoms with Gasteiger partial charge in [-0.3, -0.25) is 14.5 Å². The Morgan fingerprint density at radius 2 is 2.00 bits per heavy atom. The first kappa shape index (κ1) is 22.3. The first-order valence-electron chi connectivity index (χ1n) is 11.8. The second-order valence-electron chi connectivity index (χ2n) is 9.17. The summed E-state index contributed by atoms with van der Waals surface area (Å²) in [5.74, 6) is -0.697. The molecule has 184 valence electrons. The van der Waals surface area contributed by atoms with E-state index in [2.05, 4.69) is 4.98 Å². The molecule has 0 saturated carbocycles. The zero-order valence-electron chi connectivity index (χ0n) is 19.5. The summed E-state index contributed by atoms with van der Waals surface area (Å²) >= 11 is 1.44. The summed E-state index contributed by atoms with van der Waals surface area (Å²) in [6.07, 6.45) is 3.08. The largest absolute Gasteiger partial charge is 0.497 e. The lowest BCUT2D eigenvalue weighted by molar-refractivity contribution is -0.141. The molecule has 0 aliphatic carbocycles. The summed E-state index contributed by atoms with van der Waals surface area (Å²) in [5.41, 5.74) is -0.0516. The smallest absolute Gasteiger partial charge is 0.409 e. The van der Waals surface area contributed by atoms with Gasteiger partial charge >= 0.3 is 6.09 Å². The zero-order chi connectivity index (χ0) is 24.3. The van der Waals surface area contributed by atoms with Crippen LogP contribution in [0.15, 0.2) is 30.4 Å². The number of amides is 3. The summed E-state index contributed by atoms with van der Waals surface area (Å²) < 4.78 is 17.6. The summed E-state index contributed by atoms with van der Waals surface area (Å²) in [5, 5.41) is 0.594. The number of carbonyl (C=O) groups excluding carboxylic acids is 3. The Balaban J connectivity index is 1.22. The van der Waals surface area contributed by atoms with Crippen LogP contribution in [0, 0.1) is 11.8 Å². The number of fused-ring (bicyclic) bond motifs is 2. The van der Waals surface area contributed by atoms with E-state index in [1.54, 1.807) is 28.7 Å². The van der Waals surface area contributed by atoms with Crippen LogP contribution in [0.3, 0.4) is 0 Å². The van der Waals surface area contributed by atoms with Gasteiger partial charge in [-0.15, -0.1) is 0 Å². The molecule has 35 heavy (non-hydrogen) atoms. The predicted molar refractivity (Wildman–Crippen MR) is 127 cm³/mol. The van der Waals surface area contributed by atoms with Gasteiger partial charge < -0.3 is 24.0 Å². The predicted octanol–water partition coefficient (Wildman–Crippen LogP) is 1.89. The third-order valence-electron chi connectivity index (χ3n) is 7.32. The van der Waals surface area contributed by atoms with Gasteiger partial charge in [-0.2, -0.15) is 0 Å². The molecule has 4 atom stereocenters. The maximum absolute atomic E-state index is 13.7. The van der Waals surface area contributed by atoms with Crippen molar-refractivity contribution in [1.82, 2.24) is 14.8 Å². The number of anilines is 1. The minimum absolute atomic E-state index is 0.0982. The third-order valence-corrected chi connectivity index (χ3v) is 8.38. The summed E-state index contributed by atoms with van der Waals surface area (Å²) in [4.78, 5) is 49.0. The monoisotopic (exact) mass is 498 g/mol. The van der Waals surface area contributed by atoms with Gasteiger partial charge in [0.25, 0.3) is 0 Å². The van der Waals surface area contributed by atoms with E-state index in [0.717, 1.165) is 10.2 Å². The fourth-order valence-corrected chi connectivity index (χ4v) is 6.57. The van der Waals surface area contributed by atoms with E-state index in [9.17, 15) is 14.4 Å². The molecule has 0 N–H and O–H groups in total. The molecular formula is C24H26N4O6S. The molecule has 3 amide bonds. The number of rotatable bonds is 4.